The van der Waals surface area contributed by atoms with Crippen LogP contribution in [0.1, 0.15) is 63.4 Å². The van der Waals surface area contributed by atoms with E-state index in [9.17, 15) is 14.0 Å². The summed E-state index contributed by atoms with van der Waals surface area (Å²) >= 11 is 6.75. The number of hydrogen-bond acceptors (Lipinski definition) is 5. The summed E-state index contributed by atoms with van der Waals surface area (Å²) < 4.78 is 20.3. The zero-order valence-electron chi connectivity index (χ0n) is 20.2. The van der Waals surface area contributed by atoms with Gasteiger partial charge < -0.3 is 10.1 Å². The predicted octanol–water partition coefficient (Wildman–Crippen LogP) is 6.94. The molecule has 2 aliphatic rings. The zero-order chi connectivity index (χ0) is 25.3. The van der Waals surface area contributed by atoms with Crippen molar-refractivity contribution in [2.75, 3.05) is 11.9 Å². The Hall–Kier alpha value is -2.71. The van der Waals surface area contributed by atoms with Crippen LogP contribution >= 0.6 is 24.0 Å². The number of ether oxygens (including phenoxy) is 1. The highest BCUT2D eigenvalue weighted by atomic mass is 32.2. The number of amides is 2. The molecular formula is C28H31FN2O3S2. The van der Waals surface area contributed by atoms with E-state index >= 15 is 0 Å². The predicted molar refractivity (Wildman–Crippen MR) is 147 cm³/mol. The van der Waals surface area contributed by atoms with Gasteiger partial charge in [0.1, 0.15) is 15.9 Å². The van der Waals surface area contributed by atoms with Crippen molar-refractivity contribution in [2.24, 2.45) is 0 Å². The van der Waals surface area contributed by atoms with Crippen molar-refractivity contribution < 1.29 is 18.7 Å². The minimum Gasteiger partial charge on any atom is -0.490 e. The average Bonchev–Trinajstić information content (AvgIpc) is 3.14. The summed E-state index contributed by atoms with van der Waals surface area (Å²) in [7, 11) is 0. The first-order chi connectivity index (χ1) is 17.5. The quantitative estimate of drug-likeness (QED) is 0.207. The fourth-order valence-electron chi connectivity index (χ4n) is 4.37. The third-order valence-electron chi connectivity index (χ3n) is 6.34. The molecule has 1 saturated carbocycles. The highest BCUT2D eigenvalue weighted by molar-refractivity contribution is 8.26. The van der Waals surface area contributed by atoms with Crippen LogP contribution in [-0.2, 0) is 9.59 Å². The van der Waals surface area contributed by atoms with Gasteiger partial charge in [-0.1, -0.05) is 61.1 Å². The standard InChI is InChI=1S/C28H31FN2O3S2/c29-23-11-6-7-12-24(23)30-26(32)13-5-2-8-18-31-27(33)25(36-28(31)35)19-20-14-16-22(17-15-20)34-21-9-3-1-4-10-21/h6-7,11-12,14-17,19,21H,1-5,8-10,13,18H2,(H,30,32)/b25-19-. The van der Waals surface area contributed by atoms with Gasteiger partial charge in [-0.25, -0.2) is 4.39 Å². The molecule has 8 heteroatoms. The van der Waals surface area contributed by atoms with Crippen LogP contribution in [0.5, 0.6) is 5.75 Å². The van der Waals surface area contributed by atoms with Crippen LogP contribution in [0.3, 0.4) is 0 Å². The third kappa shape index (κ3) is 7.40. The largest absolute Gasteiger partial charge is 0.490 e. The van der Waals surface area contributed by atoms with Crippen molar-refractivity contribution in [1.29, 1.82) is 0 Å². The molecule has 1 heterocycles. The first-order valence-electron chi connectivity index (χ1n) is 12.6. The summed E-state index contributed by atoms with van der Waals surface area (Å²) in [6.45, 7) is 0.519. The van der Waals surface area contributed by atoms with E-state index in [1.54, 1.807) is 17.0 Å². The van der Waals surface area contributed by atoms with E-state index in [0.717, 1.165) is 37.0 Å². The molecule has 5 nitrogen and oxygen atoms in total. The maximum Gasteiger partial charge on any atom is 0.266 e. The summed E-state index contributed by atoms with van der Waals surface area (Å²) in [6.07, 6.45) is 10.6. The lowest BCUT2D eigenvalue weighted by Crippen LogP contribution is -2.29. The maximum absolute atomic E-state index is 13.6. The van der Waals surface area contributed by atoms with Crippen molar-refractivity contribution in [2.45, 2.75) is 63.9 Å². The fraction of sp³-hybridized carbons (Fsp3) is 0.393. The fourth-order valence-corrected chi connectivity index (χ4v) is 5.68. The zero-order valence-corrected chi connectivity index (χ0v) is 21.8. The smallest absolute Gasteiger partial charge is 0.266 e. The van der Waals surface area contributed by atoms with E-state index in [1.807, 2.05) is 30.3 Å². The normalized spacial score (nSPS) is 17.6. The Bertz CT molecular complexity index is 1110. The Balaban J connectivity index is 1.20. The highest BCUT2D eigenvalue weighted by Gasteiger charge is 2.31. The first-order valence-corrected chi connectivity index (χ1v) is 13.8. The Morgan fingerprint density at radius 1 is 1.08 bits per heavy atom. The number of benzene rings is 2. The van der Waals surface area contributed by atoms with Crippen molar-refractivity contribution in [3.63, 3.8) is 0 Å². The number of nitrogens with zero attached hydrogens (tertiary/aromatic N) is 1. The minimum atomic E-state index is -0.447. The van der Waals surface area contributed by atoms with E-state index in [-0.39, 0.29) is 17.5 Å². The SMILES string of the molecule is O=C(CCCCCN1C(=O)/C(=C/c2ccc(OC3CCCCC3)cc2)SC1=S)Nc1ccccc1F. The van der Waals surface area contributed by atoms with E-state index in [4.69, 9.17) is 17.0 Å². The molecule has 1 N–H and O–H groups in total. The molecule has 1 saturated heterocycles. The summed E-state index contributed by atoms with van der Waals surface area (Å²) in [5.74, 6) is 0.125. The number of hydrogen-bond donors (Lipinski definition) is 1. The Morgan fingerprint density at radius 3 is 2.58 bits per heavy atom. The number of anilines is 1. The molecular weight excluding hydrogens is 495 g/mol. The van der Waals surface area contributed by atoms with Crippen molar-refractivity contribution in [3.05, 3.63) is 64.8 Å². The summed E-state index contributed by atoms with van der Waals surface area (Å²) in [4.78, 5) is 27.2. The van der Waals surface area contributed by atoms with Gasteiger partial charge in [-0.2, -0.15) is 0 Å². The van der Waals surface area contributed by atoms with Gasteiger partial charge in [0, 0.05) is 13.0 Å². The van der Waals surface area contributed by atoms with Gasteiger partial charge in [0.05, 0.1) is 16.7 Å². The van der Waals surface area contributed by atoms with Gasteiger partial charge >= 0.3 is 0 Å². The van der Waals surface area contributed by atoms with Crippen molar-refractivity contribution in [3.8, 4) is 5.75 Å². The van der Waals surface area contributed by atoms with Gasteiger partial charge in [0.25, 0.3) is 5.91 Å². The molecule has 190 valence electrons. The molecule has 1 aliphatic heterocycles. The number of para-hydroxylation sites is 1. The second-order valence-electron chi connectivity index (χ2n) is 9.12. The van der Waals surface area contributed by atoms with Crippen molar-refractivity contribution in [1.82, 2.24) is 4.90 Å². The molecule has 0 atom stereocenters. The second kappa shape index (κ2) is 13.0. The van der Waals surface area contributed by atoms with Crippen molar-refractivity contribution >= 4 is 51.9 Å². The number of thiocarbonyl (C=S) groups is 1. The number of unbranched alkanes of at least 4 members (excludes halogenated alkanes) is 2. The van der Waals surface area contributed by atoms with Crippen LogP contribution in [0.15, 0.2) is 53.4 Å². The lowest BCUT2D eigenvalue weighted by atomic mass is 9.98. The molecule has 0 spiro atoms. The molecule has 1 aliphatic carbocycles. The molecule has 36 heavy (non-hydrogen) atoms. The van der Waals surface area contributed by atoms with Crippen LogP contribution in [0.2, 0.25) is 0 Å². The maximum atomic E-state index is 13.6. The number of nitrogens with one attached hydrogen (secondary N) is 1. The molecule has 0 unspecified atom stereocenters. The molecule has 2 fully saturated rings. The highest BCUT2D eigenvalue weighted by Crippen LogP contribution is 2.33. The van der Waals surface area contributed by atoms with Gasteiger partial charge in [-0.15, -0.1) is 0 Å². The summed E-state index contributed by atoms with van der Waals surface area (Å²) in [5.41, 5.74) is 1.13. The number of rotatable bonds is 10. The Labute approximate surface area is 221 Å². The molecule has 0 radical (unpaired) electrons. The first kappa shape index (κ1) is 26.4. The minimum absolute atomic E-state index is 0.0789. The van der Waals surface area contributed by atoms with Crippen LogP contribution < -0.4 is 10.1 Å². The van der Waals surface area contributed by atoms with E-state index < -0.39 is 5.82 Å². The Kier molecular flexibility index (Phi) is 9.53. The van der Waals surface area contributed by atoms with Gasteiger partial charge in [0.2, 0.25) is 5.91 Å². The van der Waals surface area contributed by atoms with E-state index in [2.05, 4.69) is 5.32 Å². The average molecular weight is 527 g/mol. The lowest BCUT2D eigenvalue weighted by molar-refractivity contribution is -0.122. The Morgan fingerprint density at radius 2 is 1.83 bits per heavy atom. The van der Waals surface area contributed by atoms with E-state index in [1.165, 1.54) is 43.2 Å². The number of halogens is 1. The van der Waals surface area contributed by atoms with Gasteiger partial charge in [0.15, 0.2) is 0 Å². The monoisotopic (exact) mass is 526 g/mol. The molecule has 4 rings (SSSR count). The van der Waals surface area contributed by atoms with Gasteiger partial charge in [-0.3, -0.25) is 14.5 Å². The molecule has 0 aromatic heterocycles. The molecule has 2 amide bonds. The summed E-state index contributed by atoms with van der Waals surface area (Å²) in [5, 5.41) is 2.59. The van der Waals surface area contributed by atoms with Crippen LogP contribution in [0.25, 0.3) is 6.08 Å². The molecule has 2 aromatic rings. The lowest BCUT2D eigenvalue weighted by Gasteiger charge is -2.22. The molecule has 0 bridgehead atoms. The van der Waals surface area contributed by atoms with Crippen LogP contribution in [-0.4, -0.2) is 33.7 Å². The van der Waals surface area contributed by atoms with Crippen LogP contribution in [0, 0.1) is 5.82 Å². The summed E-state index contributed by atoms with van der Waals surface area (Å²) in [6, 6.07) is 14.0. The van der Waals surface area contributed by atoms with E-state index in [0.29, 0.717) is 34.7 Å². The van der Waals surface area contributed by atoms with Crippen LogP contribution in [0.4, 0.5) is 10.1 Å². The number of carbonyl (C=O) groups excluding carboxylic acids is 2. The topological polar surface area (TPSA) is 58.6 Å². The third-order valence-corrected chi connectivity index (χ3v) is 7.72. The number of carbonyl (C=O) groups is 2. The molecule has 2 aromatic carbocycles. The van der Waals surface area contributed by atoms with Gasteiger partial charge in [-0.05, 0) is 74.4 Å². The second-order valence-corrected chi connectivity index (χ2v) is 10.8. The number of thioether (sulfide) groups is 1.